The number of anilines is 3. The quantitative estimate of drug-likeness (QED) is 0.259. The number of rotatable bonds is 6. The lowest BCUT2D eigenvalue weighted by atomic mass is 10.0. The molecular formula is C32H30FN5O2. The molecule has 1 N–H and O–H groups in total. The molecule has 7 nitrogen and oxygen atoms in total. The van der Waals surface area contributed by atoms with E-state index in [2.05, 4.69) is 38.4 Å². The first-order valence-electron chi connectivity index (χ1n) is 13.3. The Hall–Kier alpha value is -4.56. The number of aryl methyl sites for hydroxylation is 1. The summed E-state index contributed by atoms with van der Waals surface area (Å²) in [5.74, 6) is 0.202. The van der Waals surface area contributed by atoms with Crippen molar-refractivity contribution in [3.05, 3.63) is 90.0 Å². The van der Waals surface area contributed by atoms with Crippen molar-refractivity contribution in [3.8, 4) is 28.4 Å². The zero-order chi connectivity index (χ0) is 27.6. The number of fused-ring (bicyclic) bond motifs is 1. The van der Waals surface area contributed by atoms with E-state index in [0.29, 0.717) is 41.4 Å². The van der Waals surface area contributed by atoms with Crippen LogP contribution in [-0.2, 0) is 4.74 Å². The zero-order valence-corrected chi connectivity index (χ0v) is 22.7. The van der Waals surface area contributed by atoms with Crippen LogP contribution in [0.15, 0.2) is 73.1 Å². The number of morpholine rings is 1. The highest BCUT2D eigenvalue weighted by Gasteiger charge is 2.20. The fourth-order valence-electron chi connectivity index (χ4n) is 5.14. The summed E-state index contributed by atoms with van der Waals surface area (Å²) in [6, 6.07) is 19.0. The predicted octanol–water partition coefficient (Wildman–Crippen LogP) is 6.70. The van der Waals surface area contributed by atoms with Gasteiger partial charge in [-0.15, -0.1) is 0 Å². The van der Waals surface area contributed by atoms with Crippen LogP contribution in [0.3, 0.4) is 0 Å². The molecule has 8 heteroatoms. The third-order valence-electron chi connectivity index (χ3n) is 7.26. The van der Waals surface area contributed by atoms with Crippen LogP contribution in [0.25, 0.3) is 33.4 Å². The minimum Gasteiger partial charge on any atom is -0.481 e. The molecule has 1 aliphatic heterocycles. The Morgan fingerprint density at radius 3 is 2.58 bits per heavy atom. The number of nitrogens with zero attached hydrogens (tertiary/aromatic N) is 4. The Morgan fingerprint density at radius 1 is 0.975 bits per heavy atom. The first-order chi connectivity index (χ1) is 19.5. The molecular weight excluding hydrogens is 505 g/mol. The second kappa shape index (κ2) is 10.9. The third kappa shape index (κ3) is 4.94. The van der Waals surface area contributed by atoms with Gasteiger partial charge in [-0.1, -0.05) is 12.1 Å². The fraction of sp³-hybridized carbons (Fsp3) is 0.219. The van der Waals surface area contributed by atoms with Gasteiger partial charge in [0.15, 0.2) is 0 Å². The molecule has 0 radical (unpaired) electrons. The van der Waals surface area contributed by atoms with E-state index >= 15 is 4.39 Å². The van der Waals surface area contributed by atoms with E-state index in [9.17, 15) is 0 Å². The van der Waals surface area contributed by atoms with Crippen molar-refractivity contribution in [2.45, 2.75) is 13.8 Å². The van der Waals surface area contributed by atoms with E-state index in [0.717, 1.165) is 52.4 Å². The minimum atomic E-state index is -0.337. The number of pyridine rings is 3. The van der Waals surface area contributed by atoms with E-state index < -0.39 is 0 Å². The van der Waals surface area contributed by atoms with Crippen LogP contribution in [0.5, 0.6) is 5.88 Å². The number of nitrogens with one attached hydrogen (secondary N) is 1. The highest BCUT2D eigenvalue weighted by Crippen LogP contribution is 2.40. The van der Waals surface area contributed by atoms with Gasteiger partial charge in [0.25, 0.3) is 0 Å². The lowest BCUT2D eigenvalue weighted by Crippen LogP contribution is -2.36. The maximum absolute atomic E-state index is 15.5. The normalized spacial score (nSPS) is 13.4. The number of methoxy groups -OCH3 is 1. The summed E-state index contributed by atoms with van der Waals surface area (Å²) in [5.41, 5.74) is 8.29. The average molecular weight is 536 g/mol. The molecule has 202 valence electrons. The van der Waals surface area contributed by atoms with Crippen molar-refractivity contribution in [2.75, 3.05) is 43.6 Å². The van der Waals surface area contributed by atoms with E-state index in [1.54, 1.807) is 25.6 Å². The van der Waals surface area contributed by atoms with Crippen molar-refractivity contribution in [3.63, 3.8) is 0 Å². The molecule has 0 spiro atoms. The molecule has 2 aromatic carbocycles. The van der Waals surface area contributed by atoms with Gasteiger partial charge < -0.3 is 19.7 Å². The number of ether oxygens (including phenoxy) is 2. The second-order valence-electron chi connectivity index (χ2n) is 9.86. The number of hydrogen-bond acceptors (Lipinski definition) is 7. The molecule has 1 aliphatic rings. The molecule has 1 saturated heterocycles. The van der Waals surface area contributed by atoms with Gasteiger partial charge in [0, 0.05) is 59.6 Å². The van der Waals surface area contributed by atoms with Crippen molar-refractivity contribution in [1.82, 2.24) is 15.0 Å². The molecule has 6 rings (SSSR count). The van der Waals surface area contributed by atoms with Crippen molar-refractivity contribution >= 4 is 28.0 Å². The summed E-state index contributed by atoms with van der Waals surface area (Å²) in [6.45, 7) is 6.95. The average Bonchev–Trinajstić information content (AvgIpc) is 2.99. The van der Waals surface area contributed by atoms with E-state index in [1.165, 1.54) is 6.07 Å². The second-order valence-corrected chi connectivity index (χ2v) is 9.86. The molecule has 0 aliphatic carbocycles. The monoisotopic (exact) mass is 535 g/mol. The third-order valence-corrected chi connectivity index (χ3v) is 7.26. The van der Waals surface area contributed by atoms with E-state index in [4.69, 9.17) is 14.5 Å². The molecule has 0 saturated carbocycles. The highest BCUT2D eigenvalue weighted by molar-refractivity contribution is 5.99. The lowest BCUT2D eigenvalue weighted by Gasteiger charge is -2.30. The predicted molar refractivity (Wildman–Crippen MR) is 157 cm³/mol. The van der Waals surface area contributed by atoms with E-state index in [1.807, 2.05) is 44.2 Å². The van der Waals surface area contributed by atoms with Gasteiger partial charge in [-0.05, 0) is 61.9 Å². The van der Waals surface area contributed by atoms with Crippen molar-refractivity contribution in [2.24, 2.45) is 0 Å². The van der Waals surface area contributed by atoms with Crippen LogP contribution < -0.4 is 15.0 Å². The van der Waals surface area contributed by atoms with Gasteiger partial charge >= 0.3 is 0 Å². The van der Waals surface area contributed by atoms with Gasteiger partial charge in [0.2, 0.25) is 5.88 Å². The highest BCUT2D eigenvalue weighted by atomic mass is 19.1. The summed E-state index contributed by atoms with van der Waals surface area (Å²) in [6.07, 6.45) is 3.56. The molecule has 40 heavy (non-hydrogen) atoms. The summed E-state index contributed by atoms with van der Waals surface area (Å²) >= 11 is 0. The first kappa shape index (κ1) is 25.7. The largest absolute Gasteiger partial charge is 0.481 e. The molecule has 0 bridgehead atoms. The first-order valence-corrected chi connectivity index (χ1v) is 13.3. The van der Waals surface area contributed by atoms with Crippen LogP contribution in [-0.4, -0.2) is 48.4 Å². The summed E-state index contributed by atoms with van der Waals surface area (Å²) in [5, 5.41) is 4.07. The topological polar surface area (TPSA) is 72.4 Å². The maximum Gasteiger partial charge on any atom is 0.212 e. The molecule has 4 heterocycles. The Kier molecular flexibility index (Phi) is 7.00. The van der Waals surface area contributed by atoms with Crippen molar-refractivity contribution in [1.29, 1.82) is 0 Å². The van der Waals surface area contributed by atoms with Gasteiger partial charge in [-0.3, -0.25) is 4.98 Å². The standard InChI is InChI=1S/C32H30FN5O2/c1-20-11-12-34-28(17-20)31-21(2)32(30-25(33)5-4-6-26(30)36-31)37-27-18-23(38-13-15-40-16-14-38)8-9-24(27)22-7-10-29(39-3)35-19-22/h4-12,17-19H,13-16H2,1-3H3,(H,36,37). The minimum absolute atomic E-state index is 0.337. The van der Waals surface area contributed by atoms with E-state index in [-0.39, 0.29) is 5.82 Å². The van der Waals surface area contributed by atoms with Gasteiger partial charge in [-0.2, -0.15) is 0 Å². The van der Waals surface area contributed by atoms with Crippen LogP contribution in [0.4, 0.5) is 21.5 Å². The Morgan fingerprint density at radius 2 is 1.82 bits per heavy atom. The van der Waals surface area contributed by atoms with Gasteiger partial charge in [0.1, 0.15) is 5.82 Å². The smallest absolute Gasteiger partial charge is 0.212 e. The number of halogens is 1. The molecule has 1 fully saturated rings. The maximum atomic E-state index is 15.5. The summed E-state index contributed by atoms with van der Waals surface area (Å²) in [7, 11) is 1.60. The number of benzene rings is 2. The Labute approximate surface area is 232 Å². The molecule has 0 atom stereocenters. The number of aromatic nitrogens is 3. The zero-order valence-electron chi connectivity index (χ0n) is 22.7. The Balaban J connectivity index is 1.54. The van der Waals surface area contributed by atoms with Gasteiger partial charge in [0.05, 0.1) is 48.3 Å². The summed E-state index contributed by atoms with van der Waals surface area (Å²) in [4.78, 5) is 16.2. The van der Waals surface area contributed by atoms with Crippen LogP contribution >= 0.6 is 0 Å². The van der Waals surface area contributed by atoms with Gasteiger partial charge in [-0.25, -0.2) is 14.4 Å². The van der Waals surface area contributed by atoms with Crippen LogP contribution in [0, 0.1) is 19.7 Å². The SMILES string of the molecule is COc1ccc(-c2ccc(N3CCOCC3)cc2Nc2c(C)c(-c3cc(C)ccn3)nc3cccc(F)c23)cn1. The lowest BCUT2D eigenvalue weighted by molar-refractivity contribution is 0.122. The van der Waals surface area contributed by atoms with Crippen molar-refractivity contribution < 1.29 is 13.9 Å². The Bertz CT molecular complexity index is 1680. The molecule has 0 unspecified atom stereocenters. The number of hydrogen-bond donors (Lipinski definition) is 1. The fourth-order valence-corrected chi connectivity index (χ4v) is 5.14. The van der Waals surface area contributed by atoms with Crippen LogP contribution in [0.1, 0.15) is 11.1 Å². The molecule has 0 amide bonds. The summed E-state index contributed by atoms with van der Waals surface area (Å²) < 4.78 is 26.3. The molecule has 5 aromatic rings. The van der Waals surface area contributed by atoms with Crippen LogP contribution in [0.2, 0.25) is 0 Å². The molecule has 3 aromatic heterocycles.